The first-order chi connectivity index (χ1) is 35.3. The minimum absolute atomic E-state index is 0.122. The molecule has 9 aromatic carbocycles. The summed E-state index contributed by atoms with van der Waals surface area (Å²) in [7, 11) is 0. The van der Waals surface area contributed by atoms with E-state index in [9.17, 15) is 0 Å². The van der Waals surface area contributed by atoms with Crippen LogP contribution >= 0.6 is 0 Å². The molecule has 5 nitrogen and oxygen atoms in total. The fraction of sp³-hybridized carbons (Fsp3) is 0.123. The summed E-state index contributed by atoms with van der Waals surface area (Å²) >= 11 is 0. The number of rotatable bonds is 5. The van der Waals surface area contributed by atoms with Gasteiger partial charge in [-0.25, -0.2) is 15.0 Å². The Labute approximate surface area is 419 Å². The SMILES string of the molecule is Cc1ccc(-n2c3ccccc3c3c4c(ccc32)-c2ccccc2C4(C)C)c(-c2nc(-c3ccccc3)nc(-c3cc(C(F)(F)F)ccc3-n3c4ccccc4c4c5c(ccc43)-c3ccccc3C5(C)C)n2)c1. The number of nitrogens with zero attached hydrogens (tertiary/aromatic N) is 5. The molecule has 0 fully saturated rings. The van der Waals surface area contributed by atoms with Gasteiger partial charge in [-0.2, -0.15) is 13.2 Å². The molecule has 12 aromatic rings. The topological polar surface area (TPSA) is 48.5 Å². The lowest BCUT2D eigenvalue weighted by Crippen LogP contribution is -2.15. The summed E-state index contributed by atoms with van der Waals surface area (Å²) in [5.74, 6) is 0.803. The highest BCUT2D eigenvalue weighted by atomic mass is 19.4. The van der Waals surface area contributed by atoms with Crippen LogP contribution in [-0.4, -0.2) is 24.1 Å². The maximum atomic E-state index is 15.2. The summed E-state index contributed by atoms with van der Waals surface area (Å²) in [5.41, 5.74) is 16.2. The molecule has 0 radical (unpaired) electrons. The second kappa shape index (κ2) is 15.2. The Kier molecular flexibility index (Phi) is 8.99. The second-order valence-corrected chi connectivity index (χ2v) is 20.7. The molecule has 8 heteroatoms. The molecule has 352 valence electrons. The number of aryl methyl sites for hydroxylation is 1. The number of fused-ring (bicyclic) bond motifs is 14. The Morgan fingerprint density at radius 3 is 1.38 bits per heavy atom. The average molecular weight is 954 g/mol. The lowest BCUT2D eigenvalue weighted by molar-refractivity contribution is -0.137. The van der Waals surface area contributed by atoms with E-state index in [2.05, 4.69) is 158 Å². The molecule has 0 aliphatic heterocycles. The highest BCUT2D eigenvalue weighted by Crippen LogP contribution is 2.55. The van der Waals surface area contributed by atoms with Gasteiger partial charge >= 0.3 is 6.18 Å². The van der Waals surface area contributed by atoms with Crippen LogP contribution in [0.5, 0.6) is 0 Å². The number of benzene rings is 9. The molecule has 3 heterocycles. The van der Waals surface area contributed by atoms with E-state index in [4.69, 9.17) is 15.0 Å². The van der Waals surface area contributed by atoms with Crippen molar-refractivity contribution in [1.82, 2.24) is 24.1 Å². The summed E-state index contributed by atoms with van der Waals surface area (Å²) in [6.07, 6.45) is -4.65. The lowest BCUT2D eigenvalue weighted by atomic mass is 9.80. The van der Waals surface area contributed by atoms with E-state index in [1.165, 1.54) is 56.5 Å². The van der Waals surface area contributed by atoms with Crippen molar-refractivity contribution in [2.45, 2.75) is 51.6 Å². The molecule has 0 spiro atoms. The average Bonchev–Trinajstić information content (AvgIpc) is 4.08. The van der Waals surface area contributed by atoms with E-state index in [0.29, 0.717) is 28.5 Å². The number of halogens is 3. The number of para-hydroxylation sites is 2. The summed E-state index contributed by atoms with van der Waals surface area (Å²) in [6.45, 7) is 11.2. The molecule has 14 rings (SSSR count). The fourth-order valence-corrected chi connectivity index (χ4v) is 12.6. The number of aromatic nitrogens is 5. The molecule has 0 bridgehead atoms. The van der Waals surface area contributed by atoms with Gasteiger partial charge in [0.05, 0.1) is 39.0 Å². The normalized spacial score (nSPS) is 14.2. The van der Waals surface area contributed by atoms with Crippen molar-refractivity contribution in [2.24, 2.45) is 0 Å². The monoisotopic (exact) mass is 953 g/mol. The van der Waals surface area contributed by atoms with Crippen LogP contribution in [-0.2, 0) is 17.0 Å². The highest BCUT2D eigenvalue weighted by Gasteiger charge is 2.40. The molecule has 3 aromatic heterocycles. The van der Waals surface area contributed by atoms with Crippen LogP contribution in [0.3, 0.4) is 0 Å². The third kappa shape index (κ3) is 6.13. The van der Waals surface area contributed by atoms with Gasteiger partial charge in [0, 0.05) is 49.1 Å². The van der Waals surface area contributed by atoms with E-state index in [1.54, 1.807) is 6.07 Å². The largest absolute Gasteiger partial charge is 0.416 e. The van der Waals surface area contributed by atoms with Crippen molar-refractivity contribution in [2.75, 3.05) is 0 Å². The van der Waals surface area contributed by atoms with Crippen molar-refractivity contribution < 1.29 is 13.2 Å². The zero-order valence-corrected chi connectivity index (χ0v) is 40.8. The molecule has 0 atom stereocenters. The minimum atomic E-state index is -4.65. The van der Waals surface area contributed by atoms with Gasteiger partial charge < -0.3 is 9.13 Å². The summed E-state index contributed by atoms with van der Waals surface area (Å²) in [6, 6.07) is 62.5. The molecule has 0 saturated carbocycles. The molecule has 0 amide bonds. The molecule has 2 aliphatic carbocycles. The predicted octanol–water partition coefficient (Wildman–Crippen LogP) is 17.0. The summed E-state index contributed by atoms with van der Waals surface area (Å²) in [4.78, 5) is 15.7. The Balaban J connectivity index is 1.05. The van der Waals surface area contributed by atoms with Gasteiger partial charge in [0.25, 0.3) is 0 Å². The van der Waals surface area contributed by atoms with Crippen LogP contribution < -0.4 is 0 Å². The van der Waals surface area contributed by atoms with Crippen LogP contribution in [0, 0.1) is 6.92 Å². The molecule has 0 saturated heterocycles. The highest BCUT2D eigenvalue weighted by molar-refractivity contribution is 6.16. The van der Waals surface area contributed by atoms with Gasteiger partial charge in [-0.1, -0.05) is 167 Å². The smallest absolute Gasteiger partial charge is 0.308 e. The van der Waals surface area contributed by atoms with Gasteiger partial charge in [-0.3, -0.25) is 0 Å². The van der Waals surface area contributed by atoms with Crippen molar-refractivity contribution in [3.63, 3.8) is 0 Å². The molecule has 0 unspecified atom stereocenters. The predicted molar refractivity (Wildman–Crippen MR) is 290 cm³/mol. The second-order valence-electron chi connectivity index (χ2n) is 20.7. The quantitative estimate of drug-likeness (QED) is 0.173. The van der Waals surface area contributed by atoms with E-state index in [1.807, 2.05) is 55.5 Å². The Bertz CT molecular complexity index is 4330. The Hall–Kier alpha value is -8.62. The van der Waals surface area contributed by atoms with Crippen LogP contribution in [0.25, 0.3) is 111 Å². The maximum absolute atomic E-state index is 15.2. The first-order valence-corrected chi connectivity index (χ1v) is 24.8. The van der Waals surface area contributed by atoms with Crippen molar-refractivity contribution >= 4 is 43.6 Å². The zero-order valence-electron chi connectivity index (χ0n) is 40.8. The Morgan fingerprint density at radius 1 is 0.397 bits per heavy atom. The van der Waals surface area contributed by atoms with Crippen molar-refractivity contribution in [3.05, 3.63) is 221 Å². The molecular weight excluding hydrogens is 908 g/mol. The summed E-state index contributed by atoms with van der Waals surface area (Å²) < 4.78 is 49.9. The van der Waals surface area contributed by atoms with E-state index < -0.39 is 11.7 Å². The van der Waals surface area contributed by atoms with E-state index in [0.717, 1.165) is 55.0 Å². The van der Waals surface area contributed by atoms with Gasteiger partial charge in [-0.15, -0.1) is 0 Å². The molecule has 2 aliphatic rings. The molecule has 73 heavy (non-hydrogen) atoms. The van der Waals surface area contributed by atoms with E-state index >= 15 is 13.2 Å². The van der Waals surface area contributed by atoms with Crippen LogP contribution in [0.1, 0.15) is 61.1 Å². The van der Waals surface area contributed by atoms with E-state index in [-0.39, 0.29) is 22.2 Å². The number of alkyl halides is 3. The van der Waals surface area contributed by atoms with Gasteiger partial charge in [0.2, 0.25) is 0 Å². The first-order valence-electron chi connectivity index (χ1n) is 24.8. The van der Waals surface area contributed by atoms with Crippen LogP contribution in [0.15, 0.2) is 188 Å². The molecular formula is C65H46F3N5. The Morgan fingerprint density at radius 2 is 0.849 bits per heavy atom. The lowest BCUT2D eigenvalue weighted by Gasteiger charge is -2.23. The van der Waals surface area contributed by atoms with Crippen LogP contribution in [0.4, 0.5) is 13.2 Å². The molecule has 0 N–H and O–H groups in total. The van der Waals surface area contributed by atoms with Crippen molar-refractivity contribution in [1.29, 1.82) is 0 Å². The maximum Gasteiger partial charge on any atom is 0.416 e. The standard InChI is InChI=1S/C65H46F3N5/c1-37-27-31-52(72-50-25-15-11-21-44(50)56-54(72)33-29-42-40-19-9-13-23-48(40)63(2,3)58(42)56)46(35-37)61-69-60(38-17-7-6-8-18-38)70-62(71-61)47-36-39(65(66,67)68)28-32-53(47)73-51-26-16-12-22-45(51)57-55(73)34-30-43-41-20-10-14-24-49(41)64(4,5)59(43)57/h6-36H,1-5H3. The third-order valence-corrected chi connectivity index (χ3v) is 15.8. The number of hydrogen-bond donors (Lipinski definition) is 0. The third-order valence-electron chi connectivity index (χ3n) is 15.8. The van der Waals surface area contributed by atoms with Gasteiger partial charge in [0.15, 0.2) is 17.5 Å². The van der Waals surface area contributed by atoms with Gasteiger partial charge in [-0.05, 0) is 106 Å². The first kappa shape index (κ1) is 43.2. The minimum Gasteiger partial charge on any atom is -0.308 e. The van der Waals surface area contributed by atoms with Gasteiger partial charge in [0.1, 0.15) is 0 Å². The zero-order chi connectivity index (χ0) is 49.7. The van der Waals surface area contributed by atoms with Crippen LogP contribution in [0.2, 0.25) is 0 Å². The fourth-order valence-electron chi connectivity index (χ4n) is 12.6. The number of hydrogen-bond acceptors (Lipinski definition) is 3. The summed E-state index contributed by atoms with van der Waals surface area (Å²) in [5, 5.41) is 4.38. The van der Waals surface area contributed by atoms with Crippen molar-refractivity contribution in [3.8, 4) is 67.8 Å².